The molecule has 0 spiro atoms. The lowest BCUT2D eigenvalue weighted by Crippen LogP contribution is -2.34. The van der Waals surface area contributed by atoms with Crippen LogP contribution in [-0.2, 0) is 11.2 Å². The van der Waals surface area contributed by atoms with Crippen LogP contribution in [0, 0.1) is 6.92 Å². The number of nitrogens with zero attached hydrogens (tertiary/aromatic N) is 1. The average molecular weight is 297 g/mol. The zero-order valence-corrected chi connectivity index (χ0v) is 14.0. The number of unbranched alkanes of at least 4 members (excludes halogenated alkanes) is 1. The molecule has 4 heteroatoms. The van der Waals surface area contributed by atoms with Gasteiger partial charge in [0.2, 0.25) is 0 Å². The van der Waals surface area contributed by atoms with Gasteiger partial charge in [-0.25, -0.2) is 0 Å². The van der Waals surface area contributed by atoms with Crippen molar-refractivity contribution in [2.24, 2.45) is 0 Å². The quantitative estimate of drug-likeness (QED) is 0.692. The monoisotopic (exact) mass is 297 g/mol. The Morgan fingerprint density at radius 1 is 1.30 bits per heavy atom. The summed E-state index contributed by atoms with van der Waals surface area (Å²) < 4.78 is 5.12. The minimum atomic E-state index is 0.158. The van der Waals surface area contributed by atoms with E-state index in [1.54, 1.807) is 18.4 Å². The summed E-state index contributed by atoms with van der Waals surface area (Å²) >= 11 is 1.63. The van der Waals surface area contributed by atoms with E-state index >= 15 is 0 Å². The zero-order valence-electron chi connectivity index (χ0n) is 13.2. The highest BCUT2D eigenvalue weighted by Crippen LogP contribution is 2.24. The number of hydrogen-bond acceptors (Lipinski definition) is 3. The van der Waals surface area contributed by atoms with E-state index < -0.39 is 0 Å². The molecule has 0 bridgehead atoms. The van der Waals surface area contributed by atoms with Gasteiger partial charge < -0.3 is 9.64 Å². The molecule has 20 heavy (non-hydrogen) atoms. The topological polar surface area (TPSA) is 29.5 Å². The first-order valence-corrected chi connectivity index (χ1v) is 8.33. The van der Waals surface area contributed by atoms with Crippen LogP contribution in [0.1, 0.15) is 53.2 Å². The van der Waals surface area contributed by atoms with Crippen LogP contribution in [-0.4, -0.2) is 37.6 Å². The fourth-order valence-corrected chi connectivity index (χ4v) is 3.20. The van der Waals surface area contributed by atoms with E-state index in [4.69, 9.17) is 4.74 Å². The first kappa shape index (κ1) is 17.2. The average Bonchev–Trinajstić information content (AvgIpc) is 2.80. The maximum Gasteiger partial charge on any atom is 0.264 e. The smallest absolute Gasteiger partial charge is 0.264 e. The van der Waals surface area contributed by atoms with E-state index in [9.17, 15) is 4.79 Å². The van der Waals surface area contributed by atoms with Crippen LogP contribution in [0.3, 0.4) is 0 Å². The highest BCUT2D eigenvalue weighted by molar-refractivity contribution is 7.14. The molecule has 1 aromatic rings. The van der Waals surface area contributed by atoms with Crippen LogP contribution >= 0.6 is 11.3 Å². The lowest BCUT2D eigenvalue weighted by Gasteiger charge is -2.21. The predicted molar refractivity (Wildman–Crippen MR) is 85.7 cm³/mol. The first-order valence-electron chi connectivity index (χ1n) is 7.51. The normalized spacial score (nSPS) is 10.8. The lowest BCUT2D eigenvalue weighted by molar-refractivity contribution is 0.0697. The van der Waals surface area contributed by atoms with E-state index in [-0.39, 0.29) is 5.91 Å². The molecule has 3 nitrogen and oxygen atoms in total. The van der Waals surface area contributed by atoms with Gasteiger partial charge >= 0.3 is 0 Å². The van der Waals surface area contributed by atoms with E-state index in [0.717, 1.165) is 37.1 Å². The maximum atomic E-state index is 12.6. The van der Waals surface area contributed by atoms with Gasteiger partial charge in [0.25, 0.3) is 5.91 Å². The molecular weight excluding hydrogens is 270 g/mol. The largest absolute Gasteiger partial charge is 0.383 e. The van der Waals surface area contributed by atoms with Crippen molar-refractivity contribution in [2.75, 3.05) is 26.8 Å². The molecule has 0 saturated heterocycles. The van der Waals surface area contributed by atoms with Gasteiger partial charge in [0.15, 0.2) is 0 Å². The molecule has 0 atom stereocenters. The summed E-state index contributed by atoms with van der Waals surface area (Å²) in [5.41, 5.74) is 1.32. The molecule has 0 aliphatic carbocycles. The molecule has 1 heterocycles. The molecule has 0 aliphatic rings. The van der Waals surface area contributed by atoms with Crippen molar-refractivity contribution in [1.29, 1.82) is 0 Å². The fourth-order valence-electron chi connectivity index (χ4n) is 2.16. The van der Waals surface area contributed by atoms with Crippen molar-refractivity contribution in [3.05, 3.63) is 21.4 Å². The fraction of sp³-hybridized carbons (Fsp3) is 0.688. The van der Waals surface area contributed by atoms with Crippen LogP contribution in [0.2, 0.25) is 0 Å². The second-order valence-corrected chi connectivity index (χ2v) is 6.34. The number of aryl methyl sites for hydroxylation is 2. The summed E-state index contributed by atoms with van der Waals surface area (Å²) in [5.74, 6) is 0.158. The second kappa shape index (κ2) is 9.14. The molecule has 0 aliphatic heterocycles. The lowest BCUT2D eigenvalue weighted by atomic mass is 10.1. The molecule has 0 unspecified atom stereocenters. The third kappa shape index (κ3) is 4.91. The Morgan fingerprint density at radius 3 is 2.65 bits per heavy atom. The van der Waals surface area contributed by atoms with Gasteiger partial charge in [0.1, 0.15) is 0 Å². The Bertz CT molecular complexity index is 407. The van der Waals surface area contributed by atoms with Gasteiger partial charge in [0, 0.05) is 25.1 Å². The molecule has 0 radical (unpaired) electrons. The molecule has 0 fully saturated rings. The third-order valence-corrected chi connectivity index (χ3v) is 4.47. The van der Waals surface area contributed by atoms with Crippen LogP contribution in [0.25, 0.3) is 0 Å². The van der Waals surface area contributed by atoms with Gasteiger partial charge in [-0.05, 0) is 31.4 Å². The van der Waals surface area contributed by atoms with Gasteiger partial charge in [-0.1, -0.05) is 26.7 Å². The van der Waals surface area contributed by atoms with Crippen LogP contribution in [0.5, 0.6) is 0 Å². The SMILES string of the molecule is CCCCN(CCOC)C(=O)c1cc(CCC)c(C)s1. The van der Waals surface area contributed by atoms with E-state index in [1.165, 1.54) is 10.4 Å². The Balaban J connectivity index is 2.78. The van der Waals surface area contributed by atoms with Crippen LogP contribution in [0.4, 0.5) is 0 Å². The number of rotatable bonds is 9. The zero-order chi connectivity index (χ0) is 15.0. The third-order valence-electron chi connectivity index (χ3n) is 3.38. The van der Waals surface area contributed by atoms with Crippen molar-refractivity contribution < 1.29 is 9.53 Å². The van der Waals surface area contributed by atoms with E-state index in [0.29, 0.717) is 13.2 Å². The number of amides is 1. The maximum absolute atomic E-state index is 12.6. The second-order valence-electron chi connectivity index (χ2n) is 5.08. The summed E-state index contributed by atoms with van der Waals surface area (Å²) in [7, 11) is 1.68. The van der Waals surface area contributed by atoms with Crippen molar-refractivity contribution in [3.63, 3.8) is 0 Å². The number of thiophene rings is 1. The van der Waals surface area contributed by atoms with E-state index in [2.05, 4.69) is 26.8 Å². The summed E-state index contributed by atoms with van der Waals surface area (Å²) in [5, 5.41) is 0. The standard InChI is InChI=1S/C16H27NO2S/c1-5-7-9-17(10-11-19-4)16(18)15-12-14(8-6-2)13(3)20-15/h12H,5-11H2,1-4H3. The molecule has 1 rings (SSSR count). The van der Waals surface area contributed by atoms with Crippen LogP contribution in [0.15, 0.2) is 6.07 Å². The minimum Gasteiger partial charge on any atom is -0.383 e. The highest BCUT2D eigenvalue weighted by Gasteiger charge is 2.18. The highest BCUT2D eigenvalue weighted by atomic mass is 32.1. The van der Waals surface area contributed by atoms with Crippen molar-refractivity contribution in [2.45, 2.75) is 46.5 Å². The van der Waals surface area contributed by atoms with Gasteiger partial charge in [0.05, 0.1) is 11.5 Å². The Kier molecular flexibility index (Phi) is 7.85. The van der Waals surface area contributed by atoms with Gasteiger partial charge in [-0.2, -0.15) is 0 Å². The predicted octanol–water partition coefficient (Wildman–Crippen LogP) is 3.90. The number of hydrogen-bond donors (Lipinski definition) is 0. The molecule has 114 valence electrons. The Morgan fingerprint density at radius 2 is 2.05 bits per heavy atom. The van der Waals surface area contributed by atoms with Crippen molar-refractivity contribution in [3.8, 4) is 0 Å². The van der Waals surface area contributed by atoms with E-state index in [1.807, 2.05) is 4.90 Å². The van der Waals surface area contributed by atoms with Crippen molar-refractivity contribution >= 4 is 17.2 Å². The molecule has 1 amide bonds. The number of carbonyl (C=O) groups is 1. The molecule has 1 aromatic heterocycles. The van der Waals surface area contributed by atoms with Crippen LogP contribution < -0.4 is 0 Å². The van der Waals surface area contributed by atoms with Gasteiger partial charge in [-0.15, -0.1) is 11.3 Å². The summed E-state index contributed by atoms with van der Waals surface area (Å²) in [4.78, 5) is 16.7. The minimum absolute atomic E-state index is 0.158. The molecule has 0 saturated carbocycles. The van der Waals surface area contributed by atoms with Gasteiger partial charge in [-0.3, -0.25) is 4.79 Å². The summed E-state index contributed by atoms with van der Waals surface area (Å²) in [6.45, 7) is 8.52. The Hall–Kier alpha value is -0.870. The summed E-state index contributed by atoms with van der Waals surface area (Å²) in [6.07, 6.45) is 4.32. The number of carbonyl (C=O) groups excluding carboxylic acids is 1. The molecule has 0 aromatic carbocycles. The number of methoxy groups -OCH3 is 1. The Labute approximate surface area is 126 Å². The summed E-state index contributed by atoms with van der Waals surface area (Å²) in [6, 6.07) is 2.08. The first-order chi connectivity index (χ1) is 9.63. The molecule has 0 N–H and O–H groups in total. The molecular formula is C16H27NO2S. The number of ether oxygens (including phenoxy) is 1. The van der Waals surface area contributed by atoms with Crippen molar-refractivity contribution in [1.82, 2.24) is 4.90 Å².